The summed E-state index contributed by atoms with van der Waals surface area (Å²) in [5, 5.41) is 0.783. The minimum Gasteiger partial charge on any atom is -0.343 e. The third kappa shape index (κ3) is 3.59. The lowest BCUT2D eigenvalue weighted by atomic mass is 9.98. The number of amidine groups is 1. The molecule has 1 atom stereocenters. The predicted molar refractivity (Wildman–Crippen MR) is 92.0 cm³/mol. The Hall–Kier alpha value is -1.93. The highest BCUT2D eigenvalue weighted by Gasteiger charge is 2.37. The van der Waals surface area contributed by atoms with Gasteiger partial charge < -0.3 is 4.90 Å². The standard InChI is InChI=1S/C16H13ClN2.H2O4S/c17-12-7-5-11(6-8-12)15-13-3-1-2-4-14(13)16-18-9-10-19(15)16;1-5(2,3)4/h1-8,15H,9-10H2;(H2,1,2,3,4). The Morgan fingerprint density at radius 1 is 1.08 bits per heavy atom. The predicted octanol–water partition coefficient (Wildman–Crippen LogP) is 2.85. The average molecular weight is 367 g/mol. The molecule has 2 aromatic rings. The third-order valence-corrected chi connectivity index (χ3v) is 4.12. The van der Waals surface area contributed by atoms with Crippen LogP contribution in [0, 0.1) is 0 Å². The van der Waals surface area contributed by atoms with E-state index in [9.17, 15) is 0 Å². The first-order valence-electron chi connectivity index (χ1n) is 7.20. The Labute approximate surface area is 145 Å². The van der Waals surface area contributed by atoms with Crippen LogP contribution in [0.5, 0.6) is 0 Å². The van der Waals surface area contributed by atoms with Crippen molar-refractivity contribution in [1.82, 2.24) is 4.90 Å². The van der Waals surface area contributed by atoms with E-state index in [1.54, 1.807) is 0 Å². The molecular formula is C16H15ClN2O4S. The van der Waals surface area contributed by atoms with E-state index >= 15 is 0 Å². The molecule has 0 bridgehead atoms. The third-order valence-electron chi connectivity index (χ3n) is 3.87. The number of hydrogen-bond acceptors (Lipinski definition) is 4. The Morgan fingerprint density at radius 2 is 1.71 bits per heavy atom. The molecule has 8 heteroatoms. The van der Waals surface area contributed by atoms with Crippen LogP contribution in [0.25, 0.3) is 0 Å². The normalized spacial score (nSPS) is 18.4. The summed E-state index contributed by atoms with van der Waals surface area (Å²) in [7, 11) is -4.67. The van der Waals surface area contributed by atoms with Gasteiger partial charge in [0.25, 0.3) is 0 Å². The molecule has 2 heterocycles. The molecular weight excluding hydrogens is 352 g/mol. The van der Waals surface area contributed by atoms with Crippen molar-refractivity contribution < 1.29 is 17.5 Å². The van der Waals surface area contributed by atoms with Crippen molar-refractivity contribution in [3.05, 3.63) is 70.2 Å². The Bertz CT molecular complexity index is 873. The highest BCUT2D eigenvalue weighted by atomic mass is 35.5. The molecule has 126 valence electrons. The molecule has 4 rings (SSSR count). The van der Waals surface area contributed by atoms with E-state index in [2.05, 4.69) is 46.3 Å². The van der Waals surface area contributed by atoms with Gasteiger partial charge in [-0.05, 0) is 23.3 Å². The molecule has 0 aliphatic carbocycles. The van der Waals surface area contributed by atoms with Gasteiger partial charge in [-0.3, -0.25) is 14.1 Å². The second-order valence-corrected chi connectivity index (χ2v) is 6.72. The lowest BCUT2D eigenvalue weighted by Crippen LogP contribution is -2.26. The second kappa shape index (κ2) is 6.52. The molecule has 2 aliphatic rings. The van der Waals surface area contributed by atoms with Gasteiger partial charge in [0.2, 0.25) is 0 Å². The summed E-state index contributed by atoms with van der Waals surface area (Å²) >= 11 is 5.99. The lowest BCUT2D eigenvalue weighted by Gasteiger charge is -2.23. The zero-order chi connectivity index (χ0) is 17.3. The largest absolute Gasteiger partial charge is 0.394 e. The fraction of sp³-hybridized carbons (Fsp3) is 0.188. The van der Waals surface area contributed by atoms with Gasteiger partial charge in [-0.25, -0.2) is 0 Å². The highest BCUT2D eigenvalue weighted by molar-refractivity contribution is 7.79. The van der Waals surface area contributed by atoms with Crippen molar-refractivity contribution in [3.63, 3.8) is 0 Å². The number of benzene rings is 2. The number of fused-ring (bicyclic) bond motifs is 3. The maximum absolute atomic E-state index is 8.74. The van der Waals surface area contributed by atoms with E-state index in [1.807, 2.05) is 12.1 Å². The highest BCUT2D eigenvalue weighted by Crippen LogP contribution is 2.40. The van der Waals surface area contributed by atoms with E-state index in [0.717, 1.165) is 23.9 Å². The van der Waals surface area contributed by atoms with Crippen LogP contribution in [0.1, 0.15) is 22.7 Å². The number of aliphatic imine (C=N–C) groups is 1. The van der Waals surface area contributed by atoms with Crippen LogP contribution in [0.4, 0.5) is 0 Å². The summed E-state index contributed by atoms with van der Waals surface area (Å²) in [6, 6.07) is 17.0. The monoisotopic (exact) mass is 366 g/mol. The van der Waals surface area contributed by atoms with Crippen LogP contribution in [0.15, 0.2) is 53.5 Å². The molecule has 0 amide bonds. The van der Waals surface area contributed by atoms with Gasteiger partial charge in [-0.1, -0.05) is 48.0 Å². The lowest BCUT2D eigenvalue weighted by molar-refractivity contribution is 0.381. The summed E-state index contributed by atoms with van der Waals surface area (Å²) in [6.45, 7) is 1.89. The zero-order valence-electron chi connectivity index (χ0n) is 12.5. The van der Waals surface area contributed by atoms with Crippen molar-refractivity contribution in [2.24, 2.45) is 4.99 Å². The number of hydrogen-bond donors (Lipinski definition) is 2. The van der Waals surface area contributed by atoms with Crippen LogP contribution < -0.4 is 0 Å². The first-order chi connectivity index (χ1) is 11.3. The number of rotatable bonds is 1. The zero-order valence-corrected chi connectivity index (χ0v) is 14.1. The summed E-state index contributed by atoms with van der Waals surface area (Å²) in [4.78, 5) is 7.05. The van der Waals surface area contributed by atoms with Gasteiger partial charge in [-0.15, -0.1) is 0 Å². The molecule has 0 aromatic heterocycles. The molecule has 2 aliphatic heterocycles. The Balaban J connectivity index is 0.000000300. The molecule has 1 unspecified atom stereocenters. The molecule has 0 saturated heterocycles. The average Bonchev–Trinajstić information content (AvgIpc) is 3.07. The minimum atomic E-state index is -4.67. The van der Waals surface area contributed by atoms with Gasteiger partial charge >= 0.3 is 10.4 Å². The van der Waals surface area contributed by atoms with Crippen molar-refractivity contribution in [1.29, 1.82) is 0 Å². The molecule has 0 spiro atoms. The van der Waals surface area contributed by atoms with Crippen LogP contribution in [-0.4, -0.2) is 41.3 Å². The van der Waals surface area contributed by atoms with E-state index < -0.39 is 10.4 Å². The van der Waals surface area contributed by atoms with Crippen molar-refractivity contribution in [2.75, 3.05) is 13.1 Å². The van der Waals surface area contributed by atoms with Gasteiger partial charge in [-0.2, -0.15) is 8.42 Å². The minimum absolute atomic E-state index is 0.287. The van der Waals surface area contributed by atoms with Crippen LogP contribution in [0.2, 0.25) is 5.02 Å². The summed E-state index contributed by atoms with van der Waals surface area (Å²) in [5.41, 5.74) is 3.91. The molecule has 0 radical (unpaired) electrons. The van der Waals surface area contributed by atoms with Crippen LogP contribution >= 0.6 is 11.6 Å². The Kier molecular flexibility index (Phi) is 4.60. The molecule has 2 aromatic carbocycles. The number of halogens is 1. The van der Waals surface area contributed by atoms with E-state index in [1.165, 1.54) is 16.7 Å². The Morgan fingerprint density at radius 3 is 2.38 bits per heavy atom. The molecule has 0 saturated carbocycles. The van der Waals surface area contributed by atoms with E-state index in [0.29, 0.717) is 0 Å². The number of nitrogens with zero attached hydrogens (tertiary/aromatic N) is 2. The smallest absolute Gasteiger partial charge is 0.343 e. The second-order valence-electron chi connectivity index (χ2n) is 5.39. The van der Waals surface area contributed by atoms with Crippen LogP contribution in [0.3, 0.4) is 0 Å². The maximum atomic E-state index is 8.74. The van der Waals surface area contributed by atoms with Crippen LogP contribution in [-0.2, 0) is 10.4 Å². The summed E-state index contributed by atoms with van der Waals surface area (Å²) < 4.78 is 31.6. The first kappa shape index (κ1) is 16.9. The van der Waals surface area contributed by atoms with Gasteiger partial charge in [0.15, 0.2) is 0 Å². The fourth-order valence-electron chi connectivity index (χ4n) is 3.06. The van der Waals surface area contributed by atoms with Crippen molar-refractivity contribution in [2.45, 2.75) is 6.04 Å². The summed E-state index contributed by atoms with van der Waals surface area (Å²) in [6.07, 6.45) is 0. The van der Waals surface area contributed by atoms with Gasteiger partial charge in [0.05, 0.1) is 12.6 Å². The van der Waals surface area contributed by atoms with Crippen molar-refractivity contribution in [3.8, 4) is 0 Å². The molecule has 6 nitrogen and oxygen atoms in total. The maximum Gasteiger partial charge on any atom is 0.394 e. The first-order valence-corrected chi connectivity index (χ1v) is 8.98. The van der Waals surface area contributed by atoms with E-state index in [4.69, 9.17) is 29.1 Å². The fourth-order valence-corrected chi connectivity index (χ4v) is 3.19. The van der Waals surface area contributed by atoms with E-state index in [-0.39, 0.29) is 6.04 Å². The van der Waals surface area contributed by atoms with Gasteiger partial charge in [0.1, 0.15) is 5.84 Å². The topological polar surface area (TPSA) is 90.2 Å². The molecule has 24 heavy (non-hydrogen) atoms. The van der Waals surface area contributed by atoms with Gasteiger partial charge in [0, 0.05) is 17.1 Å². The molecule has 0 fully saturated rings. The molecule has 2 N–H and O–H groups in total. The van der Waals surface area contributed by atoms with Crippen molar-refractivity contribution >= 4 is 27.8 Å². The summed E-state index contributed by atoms with van der Waals surface area (Å²) in [5.74, 6) is 1.15. The SMILES string of the molecule is Clc1ccc(C2c3ccccc3C3=NCCN32)cc1.O=S(=O)(O)O. The quantitative estimate of drug-likeness (QED) is 0.757.